The molecule has 1 unspecified atom stereocenters. The van der Waals surface area contributed by atoms with Crippen LogP contribution in [-0.4, -0.2) is 64.6 Å². The van der Waals surface area contributed by atoms with Crippen molar-refractivity contribution in [2.75, 3.05) is 19.6 Å². The number of piperazine rings is 1. The highest BCUT2D eigenvalue weighted by Gasteiger charge is 2.40. The van der Waals surface area contributed by atoms with Gasteiger partial charge in [-0.1, -0.05) is 30.3 Å². The molecule has 28 heavy (non-hydrogen) atoms. The number of carbonyl (C=O) groups excluding carboxylic acids is 3. The first kappa shape index (κ1) is 21.7. The van der Waals surface area contributed by atoms with E-state index in [-0.39, 0.29) is 25.4 Å². The summed E-state index contributed by atoms with van der Waals surface area (Å²) in [6.45, 7) is 11.2. The van der Waals surface area contributed by atoms with Crippen LogP contribution in [0.4, 0.5) is 9.59 Å². The number of rotatable bonds is 2. The number of hydrogen-bond donors (Lipinski definition) is 0. The van der Waals surface area contributed by atoms with Gasteiger partial charge in [-0.25, -0.2) is 9.59 Å². The molecule has 1 fully saturated rings. The van der Waals surface area contributed by atoms with E-state index >= 15 is 0 Å². The van der Waals surface area contributed by atoms with Crippen LogP contribution < -0.4 is 0 Å². The quantitative estimate of drug-likeness (QED) is 0.719. The van der Waals surface area contributed by atoms with Gasteiger partial charge < -0.3 is 14.4 Å². The SMILES string of the molecule is CC(C)(C)OC(=O)N1CCN(C(=O)OC(C)(C)C)C(C(=O)c2ccccc2)C1. The predicted octanol–water partition coefficient (Wildman–Crippen LogP) is 3.73. The summed E-state index contributed by atoms with van der Waals surface area (Å²) in [6.07, 6.45) is -1.06. The molecule has 1 saturated heterocycles. The molecule has 2 amide bonds. The van der Waals surface area contributed by atoms with Crippen molar-refractivity contribution in [1.82, 2.24) is 9.80 Å². The summed E-state index contributed by atoms with van der Waals surface area (Å²) in [5, 5.41) is 0. The standard InChI is InChI=1S/C21H30N2O5/c1-20(2,3)27-18(25)22-12-13-23(19(26)28-21(4,5)6)16(14-22)17(24)15-10-8-7-9-11-15/h7-11,16H,12-14H2,1-6H3. The lowest BCUT2D eigenvalue weighted by molar-refractivity contribution is -0.0120. The summed E-state index contributed by atoms with van der Waals surface area (Å²) in [5.74, 6) is -0.236. The lowest BCUT2D eigenvalue weighted by Crippen LogP contribution is -2.60. The van der Waals surface area contributed by atoms with E-state index in [2.05, 4.69) is 0 Å². The molecule has 2 rings (SSSR count). The summed E-state index contributed by atoms with van der Waals surface area (Å²) < 4.78 is 10.9. The molecule has 7 nitrogen and oxygen atoms in total. The fraction of sp³-hybridized carbons (Fsp3) is 0.571. The van der Waals surface area contributed by atoms with Crippen LogP contribution >= 0.6 is 0 Å². The third kappa shape index (κ3) is 5.97. The maximum atomic E-state index is 13.1. The smallest absolute Gasteiger partial charge is 0.411 e. The second kappa shape index (κ2) is 8.20. The van der Waals surface area contributed by atoms with Crippen molar-refractivity contribution < 1.29 is 23.9 Å². The van der Waals surface area contributed by atoms with E-state index in [4.69, 9.17) is 9.47 Å². The topological polar surface area (TPSA) is 76.2 Å². The highest BCUT2D eigenvalue weighted by Crippen LogP contribution is 2.21. The third-order valence-electron chi connectivity index (χ3n) is 4.02. The highest BCUT2D eigenvalue weighted by atomic mass is 16.6. The Bertz CT molecular complexity index is 719. The number of carbonyl (C=O) groups is 3. The van der Waals surface area contributed by atoms with Gasteiger partial charge in [0.05, 0.1) is 6.54 Å². The molecule has 1 aliphatic rings. The van der Waals surface area contributed by atoms with Gasteiger partial charge in [0.25, 0.3) is 0 Å². The van der Waals surface area contributed by atoms with Crippen molar-refractivity contribution in [2.24, 2.45) is 0 Å². The second-order valence-corrected chi connectivity index (χ2v) is 8.85. The van der Waals surface area contributed by atoms with Gasteiger partial charge in [-0.2, -0.15) is 0 Å². The first-order valence-electron chi connectivity index (χ1n) is 9.44. The second-order valence-electron chi connectivity index (χ2n) is 8.85. The molecule has 7 heteroatoms. The number of hydrogen-bond acceptors (Lipinski definition) is 5. The van der Waals surface area contributed by atoms with Gasteiger partial charge in [0.15, 0.2) is 5.78 Å². The van der Waals surface area contributed by atoms with E-state index in [1.165, 1.54) is 9.80 Å². The Morgan fingerprint density at radius 3 is 1.93 bits per heavy atom. The van der Waals surface area contributed by atoms with Gasteiger partial charge in [-0.15, -0.1) is 0 Å². The van der Waals surface area contributed by atoms with Gasteiger partial charge in [0.1, 0.15) is 17.2 Å². The van der Waals surface area contributed by atoms with Crippen LogP contribution in [0.1, 0.15) is 51.9 Å². The zero-order chi connectivity index (χ0) is 21.1. The monoisotopic (exact) mass is 390 g/mol. The largest absolute Gasteiger partial charge is 0.444 e. The minimum absolute atomic E-state index is 0.0574. The number of nitrogens with zero attached hydrogens (tertiary/aromatic N) is 2. The van der Waals surface area contributed by atoms with Crippen molar-refractivity contribution >= 4 is 18.0 Å². The molecule has 154 valence electrons. The van der Waals surface area contributed by atoms with E-state index < -0.39 is 29.4 Å². The molecule has 0 bridgehead atoms. The number of amides is 2. The average Bonchev–Trinajstić information content (AvgIpc) is 2.58. The van der Waals surface area contributed by atoms with E-state index in [1.807, 2.05) is 6.07 Å². The average molecular weight is 390 g/mol. The van der Waals surface area contributed by atoms with Crippen LogP contribution in [0.2, 0.25) is 0 Å². The molecule has 0 aromatic heterocycles. The third-order valence-corrected chi connectivity index (χ3v) is 4.02. The van der Waals surface area contributed by atoms with Crippen molar-refractivity contribution in [2.45, 2.75) is 58.8 Å². The Morgan fingerprint density at radius 1 is 0.857 bits per heavy atom. The Hall–Kier alpha value is -2.57. The van der Waals surface area contributed by atoms with Crippen LogP contribution in [0.5, 0.6) is 0 Å². The fourth-order valence-electron chi connectivity index (χ4n) is 2.83. The van der Waals surface area contributed by atoms with Crippen LogP contribution in [0.3, 0.4) is 0 Å². The van der Waals surface area contributed by atoms with Gasteiger partial charge in [0, 0.05) is 18.7 Å². The summed E-state index contributed by atoms with van der Waals surface area (Å²) in [4.78, 5) is 41.1. The summed E-state index contributed by atoms with van der Waals surface area (Å²) in [7, 11) is 0. The first-order valence-corrected chi connectivity index (χ1v) is 9.44. The van der Waals surface area contributed by atoms with Crippen molar-refractivity contribution in [3.05, 3.63) is 35.9 Å². The van der Waals surface area contributed by atoms with E-state index in [1.54, 1.807) is 65.8 Å². The summed E-state index contributed by atoms with van der Waals surface area (Å²) in [5.41, 5.74) is -0.843. The van der Waals surface area contributed by atoms with Gasteiger partial charge >= 0.3 is 12.2 Å². The van der Waals surface area contributed by atoms with Crippen LogP contribution in [0, 0.1) is 0 Å². The molecule has 0 aliphatic carbocycles. The van der Waals surface area contributed by atoms with E-state index in [9.17, 15) is 14.4 Å². The van der Waals surface area contributed by atoms with Crippen molar-refractivity contribution in [3.63, 3.8) is 0 Å². The maximum absolute atomic E-state index is 13.1. The van der Waals surface area contributed by atoms with Crippen LogP contribution in [0.15, 0.2) is 30.3 Å². The Balaban J connectivity index is 2.25. The zero-order valence-corrected chi connectivity index (χ0v) is 17.5. The lowest BCUT2D eigenvalue weighted by Gasteiger charge is -2.41. The Labute approximate surface area is 166 Å². The Kier molecular flexibility index (Phi) is 6.37. The molecule has 1 aromatic carbocycles. The van der Waals surface area contributed by atoms with Crippen molar-refractivity contribution in [3.8, 4) is 0 Å². The molecular weight excluding hydrogens is 360 g/mol. The number of benzene rings is 1. The summed E-state index contributed by atoms with van der Waals surface area (Å²) in [6, 6.07) is 7.90. The van der Waals surface area contributed by atoms with Gasteiger partial charge in [-0.05, 0) is 41.5 Å². The first-order chi connectivity index (χ1) is 12.9. The molecule has 0 spiro atoms. The van der Waals surface area contributed by atoms with Crippen LogP contribution in [-0.2, 0) is 9.47 Å². The molecule has 0 saturated carbocycles. The molecule has 1 atom stereocenters. The molecular formula is C21H30N2O5. The molecule has 1 aliphatic heterocycles. The molecule has 1 heterocycles. The van der Waals surface area contributed by atoms with Gasteiger partial charge in [0.2, 0.25) is 0 Å². The highest BCUT2D eigenvalue weighted by molar-refractivity contribution is 6.02. The summed E-state index contributed by atoms with van der Waals surface area (Å²) >= 11 is 0. The number of ether oxygens (including phenoxy) is 2. The van der Waals surface area contributed by atoms with Crippen LogP contribution in [0.25, 0.3) is 0 Å². The molecule has 0 N–H and O–H groups in total. The number of Topliss-reactive ketones (excluding diaryl/α,β-unsaturated/α-hetero) is 1. The fourth-order valence-corrected chi connectivity index (χ4v) is 2.83. The molecule has 1 aromatic rings. The van der Waals surface area contributed by atoms with Gasteiger partial charge in [-0.3, -0.25) is 9.69 Å². The van der Waals surface area contributed by atoms with Crippen molar-refractivity contribution in [1.29, 1.82) is 0 Å². The predicted molar refractivity (Wildman–Crippen MR) is 105 cm³/mol. The zero-order valence-electron chi connectivity index (χ0n) is 17.5. The normalized spacial score (nSPS) is 17.9. The minimum Gasteiger partial charge on any atom is -0.444 e. The Morgan fingerprint density at radius 2 is 1.39 bits per heavy atom. The minimum atomic E-state index is -0.835. The maximum Gasteiger partial charge on any atom is 0.411 e. The van der Waals surface area contributed by atoms with E-state index in [0.717, 1.165) is 0 Å². The number of ketones is 1. The van der Waals surface area contributed by atoms with E-state index in [0.29, 0.717) is 5.56 Å². The lowest BCUT2D eigenvalue weighted by atomic mass is 10.0. The molecule has 0 radical (unpaired) electrons.